The van der Waals surface area contributed by atoms with Crippen LogP contribution in [0.2, 0.25) is 0 Å². The molecule has 3 aliphatic heterocycles. The van der Waals surface area contributed by atoms with Crippen molar-refractivity contribution in [3.8, 4) is 49.0 Å². The van der Waals surface area contributed by atoms with Crippen LogP contribution in [-0.4, -0.2) is 124 Å². The molecule has 1 N–H and O–H groups in total. The minimum absolute atomic E-state index is 0.135. The Hall–Kier alpha value is -3.68. The van der Waals surface area contributed by atoms with Gasteiger partial charge in [-0.2, -0.15) is 8.42 Å². The van der Waals surface area contributed by atoms with Gasteiger partial charge in [-0.15, -0.1) is 57.2 Å². The maximum atomic E-state index is 10.8. The highest BCUT2D eigenvalue weighted by molar-refractivity contribution is 7.86. The molecule has 0 atom stereocenters. The summed E-state index contributed by atoms with van der Waals surface area (Å²) in [5, 5.41) is 6.50. The number of likely N-dealkylation sites (tertiary alicyclic amines) is 2. The van der Waals surface area contributed by atoms with Crippen molar-refractivity contribution in [3.05, 3.63) is 106 Å². The fourth-order valence-corrected chi connectivity index (χ4v) is 9.69. The second-order valence-electron chi connectivity index (χ2n) is 16.8. The molecule has 9 rings (SSSR count). The summed E-state index contributed by atoms with van der Waals surface area (Å²) in [6.45, 7) is 18.5. The van der Waals surface area contributed by atoms with Gasteiger partial charge in [-0.25, -0.2) is 15.0 Å². The van der Waals surface area contributed by atoms with Gasteiger partial charge in [-0.1, -0.05) is 20.8 Å². The molecule has 3 aliphatic rings. The van der Waals surface area contributed by atoms with E-state index in [1.54, 1.807) is 34.0 Å². The van der Waals surface area contributed by atoms with E-state index in [9.17, 15) is 8.42 Å². The molecule has 18 heteroatoms. The van der Waals surface area contributed by atoms with Crippen LogP contribution in [-0.2, 0) is 33.6 Å². The number of thiazole rings is 3. The Bertz CT molecular complexity index is 2330. The molecule has 0 spiro atoms. The molecule has 12 nitrogen and oxygen atoms in total. The van der Waals surface area contributed by atoms with Crippen molar-refractivity contribution in [2.24, 2.45) is 0 Å². The standard InChI is InChI=1S/2C17H22N2OS.C15H19NO4S2.C3H7N.CH2Cl2/c2*1-2-16-13-18-17(21-16)14-5-7-15(8-6-14)20-12-4-11-19-9-3-10-19;1-3-14-11-16-15(21-14)12-5-7-13(8-6-12)19-9-4-10-20-22(2,17)18;1-2-4-3-1;2-1-3/h2*5-8,13H,2-4,9-12H2,1H3;5-8,11H,3-4,9-10H2,1-2H3;4H,1-3H2;1H2. The highest BCUT2D eigenvalue weighted by atomic mass is 35.5. The second-order valence-corrected chi connectivity index (χ2v) is 22.6. The average molecular weight is 1090 g/mol. The zero-order valence-corrected chi connectivity index (χ0v) is 46.6. The number of aromatic nitrogens is 3. The lowest BCUT2D eigenvalue weighted by molar-refractivity contribution is 0.165. The van der Waals surface area contributed by atoms with Crippen molar-refractivity contribution in [3.63, 3.8) is 0 Å². The molecule has 3 aromatic heterocycles. The van der Waals surface area contributed by atoms with E-state index in [2.05, 4.69) is 79.3 Å². The first-order valence-electron chi connectivity index (χ1n) is 24.7. The third kappa shape index (κ3) is 22.5. The van der Waals surface area contributed by atoms with E-state index in [0.717, 1.165) is 102 Å². The summed E-state index contributed by atoms with van der Waals surface area (Å²) in [5.41, 5.74) is 3.41. The van der Waals surface area contributed by atoms with Gasteiger partial charge in [-0.05, 0) is 163 Å². The van der Waals surface area contributed by atoms with Crippen molar-refractivity contribution in [1.29, 1.82) is 0 Å². The summed E-state index contributed by atoms with van der Waals surface area (Å²) >= 11 is 14.8. The second kappa shape index (κ2) is 33.2. The topological polar surface area (TPSA) is 128 Å². The lowest BCUT2D eigenvalue weighted by Gasteiger charge is -2.30. The van der Waals surface area contributed by atoms with Gasteiger partial charge in [0.15, 0.2) is 0 Å². The predicted octanol–water partition coefficient (Wildman–Crippen LogP) is 12.2. The normalized spacial score (nSPS) is 14.0. The van der Waals surface area contributed by atoms with E-state index in [1.807, 2.05) is 67.1 Å². The van der Waals surface area contributed by atoms with Crippen molar-refractivity contribution in [2.75, 3.05) is 90.4 Å². The van der Waals surface area contributed by atoms with E-state index in [4.69, 9.17) is 37.4 Å². The Balaban J connectivity index is 0.000000185. The number of aryl methyl sites for hydroxylation is 3. The molecule has 3 saturated heterocycles. The Kier molecular flexibility index (Phi) is 27.2. The monoisotopic (exact) mass is 1090 g/mol. The van der Waals surface area contributed by atoms with Crippen LogP contribution in [0, 0.1) is 0 Å². The Morgan fingerprint density at radius 2 is 0.845 bits per heavy atom. The molecule has 0 bridgehead atoms. The van der Waals surface area contributed by atoms with Crippen LogP contribution in [0.1, 0.15) is 73.9 Å². The van der Waals surface area contributed by atoms with Crippen LogP contribution < -0.4 is 19.5 Å². The lowest BCUT2D eigenvalue weighted by atomic mass is 10.2. The molecule has 0 amide bonds. The van der Waals surface area contributed by atoms with Crippen molar-refractivity contribution >= 4 is 67.3 Å². The highest BCUT2D eigenvalue weighted by Gasteiger charge is 2.14. The number of nitrogens with zero attached hydrogens (tertiary/aromatic N) is 5. The van der Waals surface area contributed by atoms with Gasteiger partial charge >= 0.3 is 0 Å². The van der Waals surface area contributed by atoms with Crippen molar-refractivity contribution < 1.29 is 26.8 Å². The molecule has 0 radical (unpaired) electrons. The summed E-state index contributed by atoms with van der Waals surface area (Å²) in [7, 11) is -3.37. The number of halogens is 2. The number of alkyl halides is 2. The van der Waals surface area contributed by atoms with E-state index in [1.165, 1.54) is 84.3 Å². The van der Waals surface area contributed by atoms with Crippen LogP contribution in [0.3, 0.4) is 0 Å². The van der Waals surface area contributed by atoms with Gasteiger partial charge in [0.25, 0.3) is 10.1 Å². The zero-order chi connectivity index (χ0) is 50.5. The van der Waals surface area contributed by atoms with Gasteiger partial charge in [0.2, 0.25) is 0 Å². The minimum atomic E-state index is -3.37. The SMILES string of the molecule is C1CNC1.CCc1cnc(-c2ccc(OCCCN3CCC3)cc2)s1.CCc1cnc(-c2ccc(OCCCN3CCC3)cc2)s1.CCc1cnc(-c2ccc(OCCCOS(C)(=O)=O)cc2)s1.ClCCl. The summed E-state index contributed by atoms with van der Waals surface area (Å²) in [5.74, 6) is 2.65. The third-order valence-corrected chi connectivity index (χ3v) is 15.4. The molecular weight excluding hydrogens is 1020 g/mol. The van der Waals surface area contributed by atoms with Gasteiger partial charge < -0.3 is 29.3 Å². The molecule has 71 heavy (non-hydrogen) atoms. The maximum absolute atomic E-state index is 10.8. The van der Waals surface area contributed by atoms with Gasteiger partial charge in [0, 0.05) is 69.4 Å². The number of hydrogen-bond donors (Lipinski definition) is 1. The molecule has 6 heterocycles. The van der Waals surface area contributed by atoms with Crippen LogP contribution in [0.5, 0.6) is 17.2 Å². The summed E-state index contributed by atoms with van der Waals surface area (Å²) in [6.07, 6.45) is 16.8. The summed E-state index contributed by atoms with van der Waals surface area (Å²) < 4.78 is 43.4. The minimum Gasteiger partial charge on any atom is -0.494 e. The van der Waals surface area contributed by atoms with Crippen LogP contribution >= 0.6 is 57.2 Å². The van der Waals surface area contributed by atoms with E-state index in [0.29, 0.717) is 13.0 Å². The molecular formula is C53H72Cl2N6O6S4. The van der Waals surface area contributed by atoms with Crippen molar-refractivity contribution in [2.45, 2.75) is 78.6 Å². The molecule has 0 unspecified atom stereocenters. The van der Waals surface area contributed by atoms with Crippen LogP contribution in [0.25, 0.3) is 31.7 Å². The van der Waals surface area contributed by atoms with E-state index >= 15 is 0 Å². The number of hydrogen-bond acceptors (Lipinski definition) is 15. The Labute approximate surface area is 445 Å². The Morgan fingerprint density at radius 1 is 0.535 bits per heavy atom. The molecule has 0 saturated carbocycles. The largest absolute Gasteiger partial charge is 0.494 e. The quantitative estimate of drug-likeness (QED) is 0.0395. The summed E-state index contributed by atoms with van der Waals surface area (Å²) in [4.78, 5) is 22.2. The molecule has 3 fully saturated rings. The zero-order valence-electron chi connectivity index (χ0n) is 41.8. The molecule has 0 aliphatic carbocycles. The van der Waals surface area contributed by atoms with Crippen molar-refractivity contribution in [1.82, 2.24) is 30.1 Å². The fourth-order valence-electron chi connectivity index (χ4n) is 6.70. The van der Waals surface area contributed by atoms with E-state index in [-0.39, 0.29) is 11.9 Å². The smallest absolute Gasteiger partial charge is 0.264 e. The predicted molar refractivity (Wildman–Crippen MR) is 298 cm³/mol. The van der Waals surface area contributed by atoms with E-state index < -0.39 is 10.1 Å². The van der Waals surface area contributed by atoms with Crippen LogP contribution in [0.4, 0.5) is 0 Å². The lowest BCUT2D eigenvalue weighted by Crippen LogP contribution is -2.38. The third-order valence-electron chi connectivity index (χ3n) is 11.2. The van der Waals surface area contributed by atoms with Gasteiger partial charge in [0.1, 0.15) is 32.3 Å². The highest BCUT2D eigenvalue weighted by Crippen LogP contribution is 2.30. The average Bonchev–Trinajstić information content (AvgIpc) is 4.13. The number of benzene rings is 3. The van der Waals surface area contributed by atoms with Crippen LogP contribution in [0.15, 0.2) is 91.4 Å². The number of ether oxygens (including phenoxy) is 3. The molecule has 6 aromatic rings. The fraction of sp³-hybridized carbons (Fsp3) is 0.491. The number of rotatable bonds is 22. The number of nitrogens with one attached hydrogen (secondary N) is 1. The first-order valence-corrected chi connectivity index (χ1v) is 30.1. The van der Waals surface area contributed by atoms with Gasteiger partial charge in [-0.3, -0.25) is 4.18 Å². The van der Waals surface area contributed by atoms with Gasteiger partial charge in [0.05, 0.1) is 38.0 Å². The first-order chi connectivity index (χ1) is 34.6. The first kappa shape index (κ1) is 58.2. The summed E-state index contributed by atoms with van der Waals surface area (Å²) in [6, 6.07) is 24.3. The Morgan fingerprint density at radius 3 is 1.08 bits per heavy atom. The molecule has 3 aromatic carbocycles. The maximum Gasteiger partial charge on any atom is 0.264 e. The molecule has 388 valence electrons.